The molecule has 12 heavy (non-hydrogen) atoms. The van der Waals surface area contributed by atoms with Gasteiger partial charge in [-0.15, -0.1) is 0 Å². The van der Waals surface area contributed by atoms with Crippen LogP contribution < -0.4 is 5.32 Å². The Labute approximate surface area is 79.6 Å². The summed E-state index contributed by atoms with van der Waals surface area (Å²) in [6, 6.07) is 0. The molecule has 3 heteroatoms. The molecule has 0 bridgehead atoms. The zero-order valence-electron chi connectivity index (χ0n) is 7.86. The summed E-state index contributed by atoms with van der Waals surface area (Å²) in [5.41, 5.74) is -0.0354. The average molecular weight is 192 g/mol. The van der Waals surface area contributed by atoms with Crippen molar-refractivity contribution in [3.05, 3.63) is 11.6 Å². The highest BCUT2D eigenvalue weighted by Gasteiger charge is 2.19. The molecule has 0 rings (SSSR count). The van der Waals surface area contributed by atoms with Crippen molar-refractivity contribution >= 4 is 11.6 Å². The van der Waals surface area contributed by atoms with Gasteiger partial charge < -0.3 is 10.4 Å². The van der Waals surface area contributed by atoms with E-state index >= 15 is 0 Å². The minimum atomic E-state index is -0.0354. The predicted molar refractivity (Wildman–Crippen MR) is 53.3 cm³/mol. The summed E-state index contributed by atoms with van der Waals surface area (Å²) in [6.07, 6.45) is 0.950. The third-order valence-electron chi connectivity index (χ3n) is 2.10. The van der Waals surface area contributed by atoms with Gasteiger partial charge >= 0.3 is 0 Å². The summed E-state index contributed by atoms with van der Waals surface area (Å²) in [5, 5.41) is 12.8. The fraction of sp³-hybridized carbons (Fsp3) is 0.778. The first-order chi connectivity index (χ1) is 5.54. The van der Waals surface area contributed by atoms with E-state index < -0.39 is 0 Å². The van der Waals surface area contributed by atoms with Crippen molar-refractivity contribution in [3.8, 4) is 0 Å². The third-order valence-corrected chi connectivity index (χ3v) is 2.24. The minimum absolute atomic E-state index is 0.0354. The highest BCUT2D eigenvalue weighted by Crippen LogP contribution is 2.18. The largest absolute Gasteiger partial charge is 0.396 e. The Morgan fingerprint density at radius 1 is 1.67 bits per heavy atom. The maximum atomic E-state index is 9.06. The first-order valence-corrected chi connectivity index (χ1v) is 4.57. The molecule has 0 heterocycles. The van der Waals surface area contributed by atoms with E-state index in [2.05, 4.69) is 18.8 Å². The molecular formula is C9H18ClNO. The monoisotopic (exact) mass is 191 g/mol. The molecule has 72 valence electrons. The second-order valence-electron chi connectivity index (χ2n) is 3.44. The quantitative estimate of drug-likeness (QED) is 0.671. The Balaban J connectivity index is 3.65. The van der Waals surface area contributed by atoms with Gasteiger partial charge in [0.2, 0.25) is 0 Å². The molecule has 0 radical (unpaired) electrons. The zero-order chi connectivity index (χ0) is 9.61. The van der Waals surface area contributed by atoms with Gasteiger partial charge in [0.25, 0.3) is 0 Å². The number of rotatable bonds is 6. The maximum Gasteiger partial charge on any atom is 0.0496 e. The summed E-state index contributed by atoms with van der Waals surface area (Å²) >= 11 is 5.57. The topological polar surface area (TPSA) is 32.3 Å². The first-order valence-electron chi connectivity index (χ1n) is 4.19. The van der Waals surface area contributed by atoms with Gasteiger partial charge in [0.15, 0.2) is 0 Å². The number of halogens is 1. The lowest BCUT2D eigenvalue weighted by molar-refractivity contribution is 0.136. The van der Waals surface area contributed by atoms with Crippen molar-refractivity contribution in [2.24, 2.45) is 5.41 Å². The maximum absolute atomic E-state index is 9.06. The van der Waals surface area contributed by atoms with Gasteiger partial charge in [-0.3, -0.25) is 0 Å². The molecule has 1 unspecified atom stereocenters. The number of nitrogens with one attached hydrogen (secondary N) is 1. The van der Waals surface area contributed by atoms with Gasteiger partial charge in [0.05, 0.1) is 0 Å². The molecule has 0 fully saturated rings. The van der Waals surface area contributed by atoms with Gasteiger partial charge in [0.1, 0.15) is 0 Å². The second-order valence-corrected chi connectivity index (χ2v) is 3.98. The molecule has 1 atom stereocenters. The van der Waals surface area contributed by atoms with Crippen LogP contribution in [0.3, 0.4) is 0 Å². The predicted octanol–water partition coefficient (Wildman–Crippen LogP) is 1.74. The summed E-state index contributed by atoms with van der Waals surface area (Å²) < 4.78 is 0. The Hall–Kier alpha value is -0.0500. The summed E-state index contributed by atoms with van der Waals surface area (Å²) in [4.78, 5) is 0. The molecule has 0 saturated heterocycles. The Morgan fingerprint density at radius 3 is 2.58 bits per heavy atom. The van der Waals surface area contributed by atoms with Crippen LogP contribution in [0.5, 0.6) is 0 Å². The normalized spacial score (nSPS) is 15.7. The molecule has 0 aliphatic heterocycles. The molecule has 0 aliphatic rings. The van der Waals surface area contributed by atoms with E-state index in [1.165, 1.54) is 0 Å². The van der Waals surface area contributed by atoms with E-state index in [9.17, 15) is 0 Å². The van der Waals surface area contributed by atoms with Gasteiger partial charge in [0, 0.05) is 30.1 Å². The molecule has 2 nitrogen and oxygen atoms in total. The summed E-state index contributed by atoms with van der Waals surface area (Å²) in [7, 11) is 0. The standard InChI is InChI=1S/C9H18ClNO/c1-4-9(3,7-12)6-11-5-8(2)10/h11-12H,2,4-7H2,1,3H3. The van der Waals surface area contributed by atoms with E-state index in [-0.39, 0.29) is 12.0 Å². The molecule has 0 aromatic rings. The van der Waals surface area contributed by atoms with Crippen molar-refractivity contribution in [1.29, 1.82) is 0 Å². The average Bonchev–Trinajstić information content (AvgIpc) is 2.03. The van der Waals surface area contributed by atoms with Gasteiger partial charge in [-0.2, -0.15) is 0 Å². The molecule has 0 aliphatic carbocycles. The van der Waals surface area contributed by atoms with Crippen molar-refractivity contribution in [1.82, 2.24) is 5.32 Å². The minimum Gasteiger partial charge on any atom is -0.396 e. The van der Waals surface area contributed by atoms with Crippen LogP contribution >= 0.6 is 11.6 Å². The SMILES string of the molecule is C=C(Cl)CNCC(C)(CC)CO. The molecule has 0 aromatic heterocycles. The third kappa shape index (κ3) is 4.75. The van der Waals surface area contributed by atoms with Crippen molar-refractivity contribution in [3.63, 3.8) is 0 Å². The lowest BCUT2D eigenvalue weighted by Crippen LogP contribution is -2.34. The molecule has 0 saturated carbocycles. The van der Waals surface area contributed by atoms with Crippen molar-refractivity contribution < 1.29 is 5.11 Å². The van der Waals surface area contributed by atoms with Crippen LogP contribution in [0, 0.1) is 5.41 Å². The number of hydrogen-bond acceptors (Lipinski definition) is 2. The molecule has 0 aromatic carbocycles. The Bertz CT molecular complexity index is 143. The van der Waals surface area contributed by atoms with Gasteiger partial charge in [-0.25, -0.2) is 0 Å². The molecular weight excluding hydrogens is 174 g/mol. The summed E-state index contributed by atoms with van der Waals surface area (Å²) in [6.45, 7) is 9.25. The Kier molecular flexibility index (Phi) is 5.55. The highest BCUT2D eigenvalue weighted by molar-refractivity contribution is 6.29. The highest BCUT2D eigenvalue weighted by atomic mass is 35.5. The first kappa shape index (κ1) is 11.9. The van der Waals surface area contributed by atoms with E-state index in [0.717, 1.165) is 13.0 Å². The van der Waals surface area contributed by atoms with Crippen LogP contribution in [0.4, 0.5) is 0 Å². The molecule has 0 spiro atoms. The van der Waals surface area contributed by atoms with Gasteiger partial charge in [-0.1, -0.05) is 32.0 Å². The molecule has 2 N–H and O–H groups in total. The smallest absolute Gasteiger partial charge is 0.0496 e. The number of hydrogen-bond donors (Lipinski definition) is 2. The van der Waals surface area contributed by atoms with Crippen LogP contribution in [0.2, 0.25) is 0 Å². The fourth-order valence-corrected chi connectivity index (χ4v) is 0.887. The van der Waals surface area contributed by atoms with E-state index in [1.807, 2.05) is 6.92 Å². The van der Waals surface area contributed by atoms with Gasteiger partial charge in [-0.05, 0) is 6.42 Å². The zero-order valence-corrected chi connectivity index (χ0v) is 8.62. The Morgan fingerprint density at radius 2 is 2.25 bits per heavy atom. The summed E-state index contributed by atoms with van der Waals surface area (Å²) in [5.74, 6) is 0. The number of aliphatic hydroxyl groups is 1. The second kappa shape index (κ2) is 5.57. The fourth-order valence-electron chi connectivity index (χ4n) is 0.793. The van der Waals surface area contributed by atoms with Crippen LogP contribution in [0.1, 0.15) is 20.3 Å². The van der Waals surface area contributed by atoms with Crippen molar-refractivity contribution in [2.75, 3.05) is 19.7 Å². The van der Waals surface area contributed by atoms with Crippen LogP contribution in [-0.2, 0) is 0 Å². The van der Waals surface area contributed by atoms with Crippen LogP contribution in [0.15, 0.2) is 11.6 Å². The number of aliphatic hydroxyl groups excluding tert-OH is 1. The van der Waals surface area contributed by atoms with Crippen molar-refractivity contribution in [2.45, 2.75) is 20.3 Å². The van der Waals surface area contributed by atoms with E-state index in [0.29, 0.717) is 11.6 Å². The lowest BCUT2D eigenvalue weighted by atomic mass is 9.89. The molecule has 0 amide bonds. The van der Waals surface area contributed by atoms with E-state index in [1.54, 1.807) is 0 Å². The van der Waals surface area contributed by atoms with E-state index in [4.69, 9.17) is 16.7 Å². The van der Waals surface area contributed by atoms with Crippen LogP contribution in [0.25, 0.3) is 0 Å². The van der Waals surface area contributed by atoms with Crippen LogP contribution in [-0.4, -0.2) is 24.8 Å². The lowest BCUT2D eigenvalue weighted by Gasteiger charge is -2.25.